The molecule has 76 valence electrons. The quantitative estimate of drug-likeness (QED) is 0.674. The molecule has 1 unspecified atom stereocenters. The first-order valence-electron chi connectivity index (χ1n) is 4.80. The van der Waals surface area contributed by atoms with Crippen LogP contribution in [-0.2, 0) is 0 Å². The molecular formula is C11H15NO2. The Hall–Kier alpha value is -1.38. The van der Waals surface area contributed by atoms with Crippen molar-refractivity contribution in [2.75, 3.05) is 6.61 Å². The Bertz CT molecular complexity index is 282. The molecule has 0 aliphatic carbocycles. The third-order valence-electron chi connectivity index (χ3n) is 2.11. The smallest absolute Gasteiger partial charge is 0.168 e. The second-order valence-corrected chi connectivity index (χ2v) is 3.36. The van der Waals surface area contributed by atoms with Gasteiger partial charge in [-0.25, -0.2) is 4.98 Å². The van der Waals surface area contributed by atoms with Crippen molar-refractivity contribution in [3.63, 3.8) is 0 Å². The van der Waals surface area contributed by atoms with Gasteiger partial charge in [0.15, 0.2) is 6.29 Å². The first-order chi connectivity index (χ1) is 6.76. The number of aromatic nitrogens is 1. The molecule has 0 aliphatic rings. The van der Waals surface area contributed by atoms with Crippen molar-refractivity contribution < 1.29 is 9.53 Å². The lowest BCUT2D eigenvalue weighted by Gasteiger charge is -2.10. The van der Waals surface area contributed by atoms with Crippen LogP contribution in [0, 0.1) is 5.92 Å². The summed E-state index contributed by atoms with van der Waals surface area (Å²) in [5, 5.41) is 0. The molecule has 1 rings (SSSR count). The van der Waals surface area contributed by atoms with E-state index in [1.807, 2.05) is 0 Å². The molecule has 0 N–H and O–H groups in total. The third kappa shape index (κ3) is 3.17. The van der Waals surface area contributed by atoms with Gasteiger partial charge in [-0.3, -0.25) is 4.79 Å². The minimum Gasteiger partial charge on any atom is -0.492 e. The van der Waals surface area contributed by atoms with E-state index in [0.717, 1.165) is 18.5 Å². The number of ether oxygens (including phenoxy) is 1. The van der Waals surface area contributed by atoms with Gasteiger partial charge in [0.1, 0.15) is 11.4 Å². The van der Waals surface area contributed by atoms with Crippen LogP contribution in [0.5, 0.6) is 5.75 Å². The van der Waals surface area contributed by atoms with E-state index in [0.29, 0.717) is 18.2 Å². The Labute approximate surface area is 84.1 Å². The van der Waals surface area contributed by atoms with Gasteiger partial charge in [0.05, 0.1) is 12.8 Å². The van der Waals surface area contributed by atoms with Gasteiger partial charge in [0, 0.05) is 0 Å². The predicted molar refractivity (Wildman–Crippen MR) is 54.6 cm³/mol. The van der Waals surface area contributed by atoms with Crippen molar-refractivity contribution in [2.45, 2.75) is 20.3 Å². The Morgan fingerprint density at radius 2 is 2.36 bits per heavy atom. The van der Waals surface area contributed by atoms with Crippen LogP contribution in [0.1, 0.15) is 30.8 Å². The zero-order valence-electron chi connectivity index (χ0n) is 8.56. The fourth-order valence-corrected chi connectivity index (χ4v) is 0.903. The Morgan fingerprint density at radius 1 is 1.57 bits per heavy atom. The lowest BCUT2D eigenvalue weighted by molar-refractivity contribution is 0.111. The summed E-state index contributed by atoms with van der Waals surface area (Å²) in [7, 11) is 0. The summed E-state index contributed by atoms with van der Waals surface area (Å²) in [6, 6.07) is 3.41. The Morgan fingerprint density at radius 3 is 2.86 bits per heavy atom. The predicted octanol–water partition coefficient (Wildman–Crippen LogP) is 2.32. The molecule has 0 fully saturated rings. The molecule has 1 atom stereocenters. The number of carbonyl (C=O) groups is 1. The van der Waals surface area contributed by atoms with E-state index in [-0.39, 0.29) is 0 Å². The number of carbonyl (C=O) groups excluding carboxylic acids is 1. The van der Waals surface area contributed by atoms with E-state index < -0.39 is 0 Å². The number of hydrogen-bond donors (Lipinski definition) is 0. The van der Waals surface area contributed by atoms with E-state index in [1.165, 1.54) is 0 Å². The molecule has 3 heteroatoms. The molecule has 14 heavy (non-hydrogen) atoms. The lowest BCUT2D eigenvalue weighted by Crippen LogP contribution is -2.07. The maximum absolute atomic E-state index is 10.3. The molecule has 0 saturated heterocycles. The summed E-state index contributed by atoms with van der Waals surface area (Å²) in [4.78, 5) is 14.2. The van der Waals surface area contributed by atoms with Gasteiger partial charge in [0.25, 0.3) is 0 Å². The molecule has 1 aromatic rings. The molecule has 0 radical (unpaired) electrons. The highest BCUT2D eigenvalue weighted by atomic mass is 16.5. The number of nitrogens with zero attached hydrogens (tertiary/aromatic N) is 1. The second-order valence-electron chi connectivity index (χ2n) is 3.36. The van der Waals surface area contributed by atoms with Crippen LogP contribution in [0.3, 0.4) is 0 Å². The highest BCUT2D eigenvalue weighted by molar-refractivity contribution is 5.71. The molecule has 0 bridgehead atoms. The van der Waals surface area contributed by atoms with E-state index in [9.17, 15) is 4.79 Å². The molecule has 0 aromatic carbocycles. The summed E-state index contributed by atoms with van der Waals surface area (Å²) in [5.41, 5.74) is 0.431. The van der Waals surface area contributed by atoms with Gasteiger partial charge >= 0.3 is 0 Å². The van der Waals surface area contributed by atoms with Crippen LogP contribution in [0.15, 0.2) is 18.3 Å². The summed E-state index contributed by atoms with van der Waals surface area (Å²) >= 11 is 0. The number of rotatable bonds is 5. The molecular weight excluding hydrogens is 178 g/mol. The highest BCUT2D eigenvalue weighted by Gasteiger charge is 2.00. The minimum atomic E-state index is 0.431. The fourth-order valence-electron chi connectivity index (χ4n) is 0.903. The molecule has 0 spiro atoms. The maximum Gasteiger partial charge on any atom is 0.168 e. The van der Waals surface area contributed by atoms with Crippen molar-refractivity contribution >= 4 is 6.29 Å². The van der Waals surface area contributed by atoms with Crippen LogP contribution >= 0.6 is 0 Å². The standard InChI is InChI=1S/C11H15NO2/c1-3-9(2)8-14-11-5-4-10(7-13)12-6-11/h4-7,9H,3,8H2,1-2H3. The van der Waals surface area contributed by atoms with E-state index in [2.05, 4.69) is 18.8 Å². The zero-order valence-corrected chi connectivity index (χ0v) is 8.56. The van der Waals surface area contributed by atoms with Crippen LogP contribution < -0.4 is 4.74 Å². The zero-order chi connectivity index (χ0) is 10.4. The van der Waals surface area contributed by atoms with Crippen LogP contribution in [0.4, 0.5) is 0 Å². The summed E-state index contributed by atoms with van der Waals surface area (Å²) in [6.45, 7) is 4.95. The summed E-state index contributed by atoms with van der Waals surface area (Å²) in [6.07, 6.45) is 3.39. The van der Waals surface area contributed by atoms with E-state index in [4.69, 9.17) is 4.74 Å². The summed E-state index contributed by atoms with van der Waals surface area (Å²) < 4.78 is 5.48. The number of aldehydes is 1. The molecule has 0 amide bonds. The maximum atomic E-state index is 10.3. The van der Waals surface area contributed by atoms with Crippen molar-refractivity contribution in [2.24, 2.45) is 5.92 Å². The first-order valence-corrected chi connectivity index (χ1v) is 4.80. The largest absolute Gasteiger partial charge is 0.492 e. The van der Waals surface area contributed by atoms with Gasteiger partial charge < -0.3 is 4.74 Å². The van der Waals surface area contributed by atoms with Crippen molar-refractivity contribution in [1.29, 1.82) is 0 Å². The monoisotopic (exact) mass is 193 g/mol. The number of hydrogen-bond acceptors (Lipinski definition) is 3. The molecule has 0 aliphatic heterocycles. The van der Waals surface area contributed by atoms with Gasteiger partial charge in [-0.2, -0.15) is 0 Å². The number of pyridine rings is 1. The molecule has 3 nitrogen and oxygen atoms in total. The van der Waals surface area contributed by atoms with Crippen molar-refractivity contribution in [3.05, 3.63) is 24.0 Å². The van der Waals surface area contributed by atoms with Gasteiger partial charge in [-0.05, 0) is 18.1 Å². The van der Waals surface area contributed by atoms with Gasteiger partial charge in [0.2, 0.25) is 0 Å². The molecule has 0 saturated carbocycles. The van der Waals surface area contributed by atoms with Gasteiger partial charge in [-0.15, -0.1) is 0 Å². The van der Waals surface area contributed by atoms with Crippen molar-refractivity contribution in [1.82, 2.24) is 4.98 Å². The SMILES string of the molecule is CCC(C)COc1ccc(C=O)nc1. The lowest BCUT2D eigenvalue weighted by atomic mass is 10.1. The minimum absolute atomic E-state index is 0.431. The Kier molecular flexibility index (Phi) is 4.11. The van der Waals surface area contributed by atoms with E-state index >= 15 is 0 Å². The van der Waals surface area contributed by atoms with Crippen LogP contribution in [0.25, 0.3) is 0 Å². The summed E-state index contributed by atoms with van der Waals surface area (Å²) in [5.74, 6) is 1.26. The average molecular weight is 193 g/mol. The van der Waals surface area contributed by atoms with Crippen molar-refractivity contribution in [3.8, 4) is 5.75 Å². The van der Waals surface area contributed by atoms with E-state index in [1.54, 1.807) is 18.3 Å². The molecule has 1 aromatic heterocycles. The third-order valence-corrected chi connectivity index (χ3v) is 2.11. The normalized spacial score (nSPS) is 12.1. The van der Waals surface area contributed by atoms with Crippen LogP contribution in [-0.4, -0.2) is 17.9 Å². The fraction of sp³-hybridized carbons (Fsp3) is 0.455. The Balaban J connectivity index is 2.47. The first kappa shape index (κ1) is 10.7. The van der Waals surface area contributed by atoms with Gasteiger partial charge in [-0.1, -0.05) is 20.3 Å². The second kappa shape index (κ2) is 5.37. The molecule has 1 heterocycles. The topological polar surface area (TPSA) is 39.2 Å². The van der Waals surface area contributed by atoms with Crippen LogP contribution in [0.2, 0.25) is 0 Å². The highest BCUT2D eigenvalue weighted by Crippen LogP contribution is 2.10. The average Bonchev–Trinajstić information content (AvgIpc) is 2.26.